The van der Waals surface area contributed by atoms with E-state index in [0.717, 1.165) is 30.4 Å². The predicted molar refractivity (Wildman–Crippen MR) is 87.8 cm³/mol. The predicted octanol–water partition coefficient (Wildman–Crippen LogP) is 3.07. The highest BCUT2D eigenvalue weighted by Crippen LogP contribution is 2.53. The number of aliphatic hydroxyl groups excluding tert-OH is 2. The first kappa shape index (κ1) is 15.1. The van der Waals surface area contributed by atoms with Crippen molar-refractivity contribution in [1.82, 2.24) is 0 Å². The van der Waals surface area contributed by atoms with Gasteiger partial charge in [-0.05, 0) is 44.2 Å². The maximum atomic E-state index is 13.9. The number of benzene rings is 1. The molecule has 1 aromatic rings. The molecular formula is C19H23NO3. The van der Waals surface area contributed by atoms with Crippen molar-refractivity contribution in [3.63, 3.8) is 0 Å². The van der Waals surface area contributed by atoms with E-state index in [2.05, 4.69) is 12.2 Å². The Morgan fingerprint density at radius 3 is 2.70 bits per heavy atom. The minimum atomic E-state index is -1.15. The molecule has 2 aliphatic carbocycles. The van der Waals surface area contributed by atoms with Gasteiger partial charge in [-0.3, -0.25) is 0 Å². The first-order valence-corrected chi connectivity index (χ1v) is 8.41. The van der Waals surface area contributed by atoms with E-state index in [1.165, 1.54) is 5.57 Å². The Kier molecular flexibility index (Phi) is 3.29. The summed E-state index contributed by atoms with van der Waals surface area (Å²) in [5.74, 6) is 0. The molecule has 1 aromatic carbocycles. The number of hydrogen-bond acceptors (Lipinski definition) is 3. The Labute approximate surface area is 136 Å². The zero-order valence-electron chi connectivity index (χ0n) is 13.4. The molecular weight excluding hydrogens is 290 g/mol. The topological polar surface area (TPSA) is 63.5 Å². The number of nitrogens with zero attached hydrogens (tertiary/aromatic N) is 1. The van der Waals surface area contributed by atoms with Crippen LogP contribution in [0.4, 0.5) is 0 Å². The smallest absolute Gasteiger partial charge is 0.218 e. The molecule has 0 aromatic heterocycles. The van der Waals surface area contributed by atoms with Crippen molar-refractivity contribution in [2.24, 2.45) is 0 Å². The maximum absolute atomic E-state index is 13.9. The summed E-state index contributed by atoms with van der Waals surface area (Å²) in [6.45, 7) is 2.04. The minimum absolute atomic E-state index is 0.204. The van der Waals surface area contributed by atoms with Crippen LogP contribution in [0.25, 0.3) is 0 Å². The number of allylic oxidation sites excluding steroid dienone is 2. The number of hydroxylamine groups is 3. The van der Waals surface area contributed by atoms with Crippen LogP contribution in [0.2, 0.25) is 0 Å². The zero-order valence-corrected chi connectivity index (χ0v) is 13.4. The summed E-state index contributed by atoms with van der Waals surface area (Å²) >= 11 is 0. The van der Waals surface area contributed by atoms with Crippen LogP contribution in [-0.2, 0) is 6.54 Å². The molecule has 23 heavy (non-hydrogen) atoms. The average molecular weight is 313 g/mol. The average Bonchev–Trinajstić information content (AvgIpc) is 2.84. The lowest BCUT2D eigenvalue weighted by atomic mass is 9.70. The Balaban J connectivity index is 1.85. The SMILES string of the molecule is CC1([N+]2([O-])Cc3ccccc3C2O)C2=CCCC=C2CCC1O. The van der Waals surface area contributed by atoms with E-state index in [4.69, 9.17) is 0 Å². The van der Waals surface area contributed by atoms with Crippen LogP contribution >= 0.6 is 0 Å². The minimum Gasteiger partial charge on any atom is -0.630 e. The first-order chi connectivity index (χ1) is 11.0. The molecule has 1 heterocycles. The molecule has 1 aliphatic heterocycles. The van der Waals surface area contributed by atoms with Crippen molar-refractivity contribution in [3.8, 4) is 0 Å². The van der Waals surface area contributed by atoms with Crippen molar-refractivity contribution in [1.29, 1.82) is 0 Å². The zero-order chi connectivity index (χ0) is 16.2. The van der Waals surface area contributed by atoms with Gasteiger partial charge in [0.05, 0.1) is 0 Å². The summed E-state index contributed by atoms with van der Waals surface area (Å²) in [5.41, 5.74) is 2.69. The highest BCUT2D eigenvalue weighted by molar-refractivity contribution is 5.44. The molecule has 3 aliphatic rings. The Morgan fingerprint density at radius 1 is 1.17 bits per heavy atom. The molecule has 4 rings (SSSR count). The molecule has 4 unspecified atom stereocenters. The molecule has 0 bridgehead atoms. The van der Waals surface area contributed by atoms with Crippen LogP contribution in [0, 0.1) is 5.21 Å². The van der Waals surface area contributed by atoms with Gasteiger partial charge in [-0.25, -0.2) is 0 Å². The summed E-state index contributed by atoms with van der Waals surface area (Å²) in [4.78, 5) is 0. The molecule has 4 heteroatoms. The molecule has 0 radical (unpaired) electrons. The van der Waals surface area contributed by atoms with E-state index >= 15 is 0 Å². The lowest BCUT2D eigenvalue weighted by Gasteiger charge is -2.59. The maximum Gasteiger partial charge on any atom is 0.218 e. The first-order valence-electron chi connectivity index (χ1n) is 8.41. The fraction of sp³-hybridized carbons (Fsp3) is 0.474. The second kappa shape index (κ2) is 5.02. The van der Waals surface area contributed by atoms with Gasteiger partial charge >= 0.3 is 0 Å². The van der Waals surface area contributed by atoms with Crippen LogP contribution in [0.1, 0.15) is 50.0 Å². The number of hydrogen-bond donors (Lipinski definition) is 2. The van der Waals surface area contributed by atoms with Crippen molar-refractivity contribution >= 4 is 0 Å². The monoisotopic (exact) mass is 313 g/mol. The molecule has 4 atom stereocenters. The fourth-order valence-electron chi connectivity index (χ4n) is 4.62. The largest absolute Gasteiger partial charge is 0.630 e. The van der Waals surface area contributed by atoms with E-state index in [1.54, 1.807) is 0 Å². The van der Waals surface area contributed by atoms with E-state index in [-0.39, 0.29) is 6.54 Å². The second-order valence-electron chi connectivity index (χ2n) is 7.15. The lowest BCUT2D eigenvalue weighted by Crippen LogP contribution is -2.66. The van der Waals surface area contributed by atoms with Gasteiger partial charge in [0.25, 0.3) is 0 Å². The Hall–Kier alpha value is -1.46. The van der Waals surface area contributed by atoms with Gasteiger partial charge in [0, 0.05) is 16.7 Å². The van der Waals surface area contributed by atoms with E-state index in [1.807, 2.05) is 31.2 Å². The van der Waals surface area contributed by atoms with Crippen LogP contribution in [0.15, 0.2) is 47.6 Å². The van der Waals surface area contributed by atoms with Crippen molar-refractivity contribution in [3.05, 3.63) is 63.9 Å². The number of rotatable bonds is 1. The van der Waals surface area contributed by atoms with Crippen molar-refractivity contribution < 1.29 is 14.9 Å². The second-order valence-corrected chi connectivity index (χ2v) is 7.15. The molecule has 0 amide bonds. The summed E-state index contributed by atoms with van der Waals surface area (Å²) in [5, 5.41) is 35.5. The molecule has 1 fully saturated rings. The molecule has 4 nitrogen and oxygen atoms in total. The Bertz CT molecular complexity index is 710. The molecule has 1 saturated carbocycles. The van der Waals surface area contributed by atoms with Crippen LogP contribution in [0.5, 0.6) is 0 Å². The molecule has 0 spiro atoms. The van der Waals surface area contributed by atoms with E-state index in [9.17, 15) is 15.4 Å². The summed E-state index contributed by atoms with van der Waals surface area (Å²) in [6, 6.07) is 7.47. The van der Waals surface area contributed by atoms with Gasteiger partial charge in [-0.1, -0.05) is 30.4 Å². The van der Waals surface area contributed by atoms with Crippen molar-refractivity contribution in [2.45, 2.75) is 57.0 Å². The molecule has 122 valence electrons. The fourth-order valence-corrected chi connectivity index (χ4v) is 4.62. The molecule has 2 N–H and O–H groups in total. The number of quaternary nitrogens is 1. The van der Waals surface area contributed by atoms with E-state index < -0.39 is 22.5 Å². The van der Waals surface area contributed by atoms with Gasteiger partial charge in [-0.15, -0.1) is 0 Å². The van der Waals surface area contributed by atoms with Gasteiger partial charge in [0.15, 0.2) is 5.54 Å². The molecule has 0 saturated heterocycles. The third kappa shape index (κ3) is 1.86. The highest BCUT2D eigenvalue weighted by Gasteiger charge is 2.58. The van der Waals surface area contributed by atoms with Crippen LogP contribution in [0.3, 0.4) is 0 Å². The number of fused-ring (bicyclic) bond motifs is 2. The quantitative estimate of drug-likeness (QED) is 0.618. The lowest BCUT2D eigenvalue weighted by molar-refractivity contribution is -0.982. The number of aliphatic hydroxyl groups is 2. The van der Waals surface area contributed by atoms with E-state index in [0.29, 0.717) is 12.0 Å². The Morgan fingerprint density at radius 2 is 1.91 bits per heavy atom. The third-order valence-corrected chi connectivity index (χ3v) is 6.05. The highest BCUT2D eigenvalue weighted by atomic mass is 16.6. The summed E-state index contributed by atoms with van der Waals surface area (Å²) < 4.78 is -0.809. The van der Waals surface area contributed by atoms with Crippen molar-refractivity contribution in [2.75, 3.05) is 0 Å². The normalized spacial score (nSPS) is 39.3. The van der Waals surface area contributed by atoms with Gasteiger partial charge in [0.2, 0.25) is 6.23 Å². The van der Waals surface area contributed by atoms with Crippen LogP contribution < -0.4 is 0 Å². The van der Waals surface area contributed by atoms with Gasteiger partial charge < -0.3 is 20.1 Å². The standard InChI is InChI=1S/C19H23NO3/c1-19(16-9-5-3-6-13(16)10-11-17(19)21)20(23)12-14-7-2-4-8-15(14)18(20)22/h2,4,6-9,17-18,21-22H,3,5,10-12H2,1H3. The van der Waals surface area contributed by atoms with Gasteiger partial charge in [-0.2, -0.15) is 0 Å². The summed E-state index contributed by atoms with van der Waals surface area (Å²) in [7, 11) is 0. The summed E-state index contributed by atoms with van der Waals surface area (Å²) in [6.07, 6.45) is 5.68. The van der Waals surface area contributed by atoms with Crippen LogP contribution in [-0.4, -0.2) is 26.5 Å². The third-order valence-electron chi connectivity index (χ3n) is 6.05. The van der Waals surface area contributed by atoms with Gasteiger partial charge in [0.1, 0.15) is 12.6 Å².